The summed E-state index contributed by atoms with van der Waals surface area (Å²) in [6, 6.07) is -0.262. The van der Waals surface area contributed by atoms with Crippen molar-refractivity contribution in [2.24, 2.45) is 34.3 Å². The van der Waals surface area contributed by atoms with Crippen LogP contribution in [0.25, 0.3) is 6.20 Å². The van der Waals surface area contributed by atoms with Gasteiger partial charge in [-0.2, -0.15) is 18.3 Å². The maximum atomic E-state index is 14.1. The molecular weight excluding hydrogens is 491 g/mol. The van der Waals surface area contributed by atoms with Crippen LogP contribution in [0.5, 0.6) is 0 Å². The molecule has 0 aliphatic heterocycles. The fourth-order valence-corrected chi connectivity index (χ4v) is 6.70. The third kappa shape index (κ3) is 5.47. The second kappa shape index (κ2) is 9.68. The number of carbonyl (C=O) groups is 3. The fourth-order valence-electron chi connectivity index (χ4n) is 6.70. The van der Waals surface area contributed by atoms with Crippen LogP contribution in [0.1, 0.15) is 68.9 Å². The minimum absolute atomic E-state index is 0.0915. The first-order valence-electron chi connectivity index (χ1n) is 12.6. The van der Waals surface area contributed by atoms with Gasteiger partial charge in [0.15, 0.2) is 5.69 Å². The van der Waals surface area contributed by atoms with Gasteiger partial charge in [-0.05, 0) is 70.6 Å². The quantitative estimate of drug-likeness (QED) is 0.478. The van der Waals surface area contributed by atoms with Crippen LogP contribution in [-0.4, -0.2) is 46.9 Å². The van der Waals surface area contributed by atoms with Gasteiger partial charge in [0.25, 0.3) is 5.91 Å². The zero-order valence-electron chi connectivity index (χ0n) is 21.2. The van der Waals surface area contributed by atoms with Crippen LogP contribution in [0.3, 0.4) is 0 Å². The second-order valence-corrected chi connectivity index (χ2v) is 11.3. The molecule has 37 heavy (non-hydrogen) atoms. The van der Waals surface area contributed by atoms with Crippen LogP contribution >= 0.6 is 0 Å². The number of alkyl halides is 3. The first-order chi connectivity index (χ1) is 17.2. The lowest BCUT2D eigenvalue weighted by molar-refractivity contribution is -0.142. The van der Waals surface area contributed by atoms with Crippen molar-refractivity contribution in [2.45, 2.75) is 65.1 Å². The molecule has 0 spiro atoms. The van der Waals surface area contributed by atoms with E-state index in [1.165, 1.54) is 6.08 Å². The average molecular weight is 526 g/mol. The summed E-state index contributed by atoms with van der Waals surface area (Å²) in [5.74, 6) is -0.544. The van der Waals surface area contributed by atoms with Crippen molar-refractivity contribution in [3.63, 3.8) is 0 Å². The number of hydrogen-bond acceptors (Lipinski definition) is 5. The number of amides is 3. The summed E-state index contributed by atoms with van der Waals surface area (Å²) in [6.07, 6.45) is 1.78. The molecule has 1 aromatic rings. The van der Waals surface area contributed by atoms with E-state index in [2.05, 4.69) is 15.7 Å². The Morgan fingerprint density at radius 2 is 1.86 bits per heavy atom. The summed E-state index contributed by atoms with van der Waals surface area (Å²) in [5.41, 5.74) is 2.14. The highest BCUT2D eigenvalue weighted by atomic mass is 19.4. The zero-order valence-corrected chi connectivity index (χ0v) is 21.2. The molecule has 2 unspecified atom stereocenters. The first-order valence-corrected chi connectivity index (χ1v) is 12.6. The van der Waals surface area contributed by atoms with Gasteiger partial charge in [0.2, 0.25) is 5.91 Å². The molecule has 4 aliphatic carbocycles. The van der Waals surface area contributed by atoms with Crippen molar-refractivity contribution in [1.82, 2.24) is 20.4 Å². The monoisotopic (exact) mass is 525 g/mol. The molecule has 4 N–H and O–H groups in total. The van der Waals surface area contributed by atoms with Gasteiger partial charge in [0.05, 0.1) is 23.8 Å². The van der Waals surface area contributed by atoms with Crippen molar-refractivity contribution >= 4 is 24.1 Å². The van der Waals surface area contributed by atoms with E-state index in [0.717, 1.165) is 44.5 Å². The molecule has 204 valence electrons. The third-order valence-electron chi connectivity index (χ3n) is 8.08. The smallest absolute Gasteiger partial charge is 0.434 e. The summed E-state index contributed by atoms with van der Waals surface area (Å²) in [4.78, 5) is 36.5. The topological polar surface area (TPSA) is 128 Å². The highest BCUT2D eigenvalue weighted by Gasteiger charge is 2.56. The van der Waals surface area contributed by atoms with E-state index < -0.39 is 34.8 Å². The molecule has 0 saturated heterocycles. The lowest BCUT2D eigenvalue weighted by Crippen LogP contribution is -2.60. The minimum atomic E-state index is -4.84. The van der Waals surface area contributed by atoms with Crippen molar-refractivity contribution < 1.29 is 32.3 Å². The van der Waals surface area contributed by atoms with Crippen LogP contribution in [0.4, 0.5) is 18.0 Å². The summed E-state index contributed by atoms with van der Waals surface area (Å²) in [7, 11) is 0. The molecule has 9 nitrogen and oxygen atoms in total. The van der Waals surface area contributed by atoms with E-state index in [-0.39, 0.29) is 35.8 Å². The Morgan fingerprint density at radius 1 is 1.22 bits per heavy atom. The average Bonchev–Trinajstić information content (AvgIpc) is 3.23. The van der Waals surface area contributed by atoms with Crippen LogP contribution in [-0.2, 0) is 15.7 Å². The van der Waals surface area contributed by atoms with Crippen LogP contribution in [0, 0.1) is 28.6 Å². The second-order valence-electron chi connectivity index (χ2n) is 11.3. The Labute approximate surface area is 213 Å². The van der Waals surface area contributed by atoms with Gasteiger partial charge < -0.3 is 21.1 Å². The molecule has 5 rings (SSSR count). The molecule has 12 heteroatoms. The predicted molar refractivity (Wildman–Crippen MR) is 128 cm³/mol. The number of carbonyl (C=O) groups excluding carboxylic acids is 3. The molecule has 4 saturated carbocycles. The maximum Gasteiger partial charge on any atom is 0.434 e. The zero-order chi connectivity index (χ0) is 27.2. The summed E-state index contributed by atoms with van der Waals surface area (Å²) < 4.78 is 47.9. The summed E-state index contributed by atoms with van der Waals surface area (Å²) in [6.45, 7) is 5.52. The van der Waals surface area contributed by atoms with Crippen LogP contribution < -0.4 is 16.4 Å². The molecule has 0 aromatic carbocycles. The Hall–Kier alpha value is -3.05. The number of ether oxygens (including phenoxy) is 1. The molecule has 0 radical (unpaired) electrons. The van der Waals surface area contributed by atoms with Crippen molar-refractivity contribution in [3.8, 4) is 0 Å². The van der Waals surface area contributed by atoms with Crippen molar-refractivity contribution in [3.05, 3.63) is 23.5 Å². The highest BCUT2D eigenvalue weighted by molar-refractivity contribution is 5.95. The molecule has 2 atom stereocenters. The van der Waals surface area contributed by atoms with Crippen molar-refractivity contribution in [1.29, 1.82) is 0 Å². The molecule has 4 aliphatic rings. The molecule has 1 aromatic heterocycles. The van der Waals surface area contributed by atoms with Crippen LogP contribution in [0.15, 0.2) is 12.3 Å². The number of aromatic nitrogens is 2. The summed E-state index contributed by atoms with van der Waals surface area (Å²) in [5, 5.41) is 9.33. The highest BCUT2D eigenvalue weighted by Crippen LogP contribution is 2.60. The van der Waals surface area contributed by atoms with Gasteiger partial charge in [0.1, 0.15) is 0 Å². The van der Waals surface area contributed by atoms with E-state index in [4.69, 9.17) is 10.5 Å². The lowest BCUT2D eigenvalue weighted by Gasteiger charge is -2.59. The molecular formula is C25H34F3N5O4. The van der Waals surface area contributed by atoms with Gasteiger partial charge in [-0.1, -0.05) is 6.08 Å². The maximum absolute atomic E-state index is 14.1. The minimum Gasteiger partial charge on any atom is -0.449 e. The third-order valence-corrected chi connectivity index (χ3v) is 8.08. The molecule has 4 bridgehead atoms. The number of hydrogen-bond donors (Lipinski definition) is 3. The van der Waals surface area contributed by atoms with E-state index in [1.54, 1.807) is 20.8 Å². The predicted octanol–water partition coefficient (Wildman–Crippen LogP) is 3.55. The van der Waals surface area contributed by atoms with Gasteiger partial charge >= 0.3 is 12.3 Å². The fraction of sp³-hybridized carbons (Fsp3) is 0.680. The largest absolute Gasteiger partial charge is 0.449 e. The van der Waals surface area contributed by atoms with Crippen LogP contribution in [0.2, 0.25) is 0 Å². The number of nitrogens with two attached hydrogens (primary N) is 1. The Bertz CT molecular complexity index is 1080. The number of halogens is 3. The number of primary amides is 1. The number of nitrogens with one attached hydrogen (secondary N) is 2. The van der Waals surface area contributed by atoms with Gasteiger partial charge in [-0.3, -0.25) is 9.59 Å². The van der Waals surface area contributed by atoms with E-state index in [1.807, 2.05) is 0 Å². The van der Waals surface area contributed by atoms with Gasteiger partial charge in [-0.15, -0.1) is 0 Å². The summed E-state index contributed by atoms with van der Waals surface area (Å²) >= 11 is 0. The standard InChI is InChI=1S/C25H34F3N5O4/c1-4-30-21(35)23(2,3)5-6-33-19(25(26,27)28)17(12-31-33)20(34)32-18-15-7-14-8-16(18)11-24(9-14,10-15)13-37-22(29)36/h5-6,12,14-16,18H,4,7-11,13H2,1-3H3,(H2,29,36)(H,30,35)(H,32,34)/b6-5+/t14?,15?,16?,18-,24-. The number of rotatable bonds is 8. The van der Waals surface area contributed by atoms with E-state index in [9.17, 15) is 27.6 Å². The normalized spacial score (nSPS) is 28.9. The van der Waals surface area contributed by atoms with Gasteiger partial charge in [-0.25, -0.2) is 9.48 Å². The molecule has 3 amide bonds. The lowest BCUT2D eigenvalue weighted by atomic mass is 9.48. The SMILES string of the molecule is CCNC(=O)C(C)(C)/C=C/n1ncc(C(=O)N[C@H]2C3CC4CC2C[C@](COC(N)=O)(C4)C3)c1C(F)(F)F. The molecule has 1 heterocycles. The Morgan fingerprint density at radius 3 is 2.43 bits per heavy atom. The van der Waals surface area contributed by atoms with Crippen molar-refractivity contribution in [2.75, 3.05) is 13.2 Å². The Kier molecular flexibility index (Phi) is 7.06. The Balaban J connectivity index is 1.53. The molecule has 4 fully saturated rings. The number of nitrogens with zero attached hydrogens (tertiary/aromatic N) is 2. The first kappa shape index (κ1) is 27.0. The van der Waals surface area contributed by atoms with Gasteiger partial charge in [0, 0.05) is 24.2 Å². The van der Waals surface area contributed by atoms with E-state index >= 15 is 0 Å². The van der Waals surface area contributed by atoms with E-state index in [0.29, 0.717) is 17.1 Å².